The van der Waals surface area contributed by atoms with E-state index in [1.807, 2.05) is 39.0 Å². The summed E-state index contributed by atoms with van der Waals surface area (Å²) in [5.74, 6) is -0.168. The summed E-state index contributed by atoms with van der Waals surface area (Å²) in [4.78, 5) is 25.4. The zero-order chi connectivity index (χ0) is 16.9. The fraction of sp³-hybridized carbons (Fsp3) is 0.579. The van der Waals surface area contributed by atoms with Crippen molar-refractivity contribution >= 4 is 11.8 Å². The molecular formula is C19H28N2O2. The van der Waals surface area contributed by atoms with Gasteiger partial charge in [-0.1, -0.05) is 43.9 Å². The quantitative estimate of drug-likeness (QED) is 0.664. The van der Waals surface area contributed by atoms with E-state index in [0.29, 0.717) is 5.56 Å². The van der Waals surface area contributed by atoms with E-state index >= 15 is 0 Å². The molecule has 0 unspecified atom stereocenters. The Balaban J connectivity index is 2.13. The number of hydrogen-bond acceptors (Lipinski definition) is 2. The monoisotopic (exact) mass is 316 g/mol. The number of hydrogen-bond donors (Lipinski definition) is 1. The molecule has 2 amide bonds. The molecule has 2 rings (SSSR count). The molecule has 1 aliphatic rings. The predicted octanol–water partition coefficient (Wildman–Crippen LogP) is 3.93. The fourth-order valence-electron chi connectivity index (χ4n) is 3.02. The van der Waals surface area contributed by atoms with Gasteiger partial charge in [0.25, 0.3) is 5.91 Å². The highest BCUT2D eigenvalue weighted by Crippen LogP contribution is 2.26. The number of carbonyl (C=O) groups excluding carboxylic acids is 2. The predicted molar refractivity (Wildman–Crippen MR) is 91.7 cm³/mol. The Labute approximate surface area is 139 Å². The summed E-state index contributed by atoms with van der Waals surface area (Å²) in [7, 11) is 0. The molecule has 23 heavy (non-hydrogen) atoms. The fourth-order valence-corrected chi connectivity index (χ4v) is 3.02. The van der Waals surface area contributed by atoms with Crippen molar-refractivity contribution < 1.29 is 9.59 Å². The van der Waals surface area contributed by atoms with E-state index in [4.69, 9.17) is 0 Å². The molecule has 4 heteroatoms. The number of rotatable bonds is 2. The van der Waals surface area contributed by atoms with Crippen LogP contribution in [0.3, 0.4) is 0 Å². The first-order valence-electron chi connectivity index (χ1n) is 8.59. The second-order valence-corrected chi connectivity index (χ2v) is 7.34. The molecule has 1 aromatic carbocycles. The molecule has 0 saturated heterocycles. The van der Waals surface area contributed by atoms with Crippen molar-refractivity contribution in [2.24, 2.45) is 5.92 Å². The van der Waals surface area contributed by atoms with Gasteiger partial charge in [0, 0.05) is 11.5 Å². The highest BCUT2D eigenvalue weighted by atomic mass is 16.2. The minimum atomic E-state index is -0.451. The van der Waals surface area contributed by atoms with Crippen molar-refractivity contribution in [2.75, 3.05) is 0 Å². The van der Waals surface area contributed by atoms with Gasteiger partial charge in [0.2, 0.25) is 5.91 Å². The van der Waals surface area contributed by atoms with E-state index in [-0.39, 0.29) is 17.7 Å². The molecular weight excluding hydrogens is 288 g/mol. The molecule has 4 nitrogen and oxygen atoms in total. The average Bonchev–Trinajstić information content (AvgIpc) is 2.80. The molecule has 0 atom stereocenters. The van der Waals surface area contributed by atoms with Crippen LogP contribution in [0.4, 0.5) is 0 Å². The van der Waals surface area contributed by atoms with Crippen LogP contribution in [-0.2, 0) is 4.79 Å². The van der Waals surface area contributed by atoms with Gasteiger partial charge in [-0.25, -0.2) is 5.01 Å². The van der Waals surface area contributed by atoms with Gasteiger partial charge in [0.05, 0.1) is 5.54 Å². The van der Waals surface area contributed by atoms with Gasteiger partial charge in [-0.15, -0.1) is 0 Å². The average molecular weight is 316 g/mol. The van der Waals surface area contributed by atoms with Crippen molar-refractivity contribution in [1.82, 2.24) is 10.4 Å². The molecule has 1 saturated carbocycles. The van der Waals surface area contributed by atoms with Gasteiger partial charge in [0.15, 0.2) is 0 Å². The summed E-state index contributed by atoms with van der Waals surface area (Å²) in [6.07, 6.45) is 6.45. The van der Waals surface area contributed by atoms with Gasteiger partial charge >= 0.3 is 0 Å². The minimum absolute atomic E-state index is 0.0211. The largest absolute Gasteiger partial charge is 0.273 e. The normalized spacial score (nSPS) is 16.5. The first kappa shape index (κ1) is 17.5. The number of nitrogens with one attached hydrogen (secondary N) is 1. The molecule has 0 radical (unpaired) electrons. The number of hydrazine groups is 1. The lowest BCUT2D eigenvalue weighted by atomic mass is 9.97. The molecule has 0 aromatic heterocycles. The van der Waals surface area contributed by atoms with Crippen molar-refractivity contribution in [2.45, 2.75) is 64.8 Å². The summed E-state index contributed by atoms with van der Waals surface area (Å²) in [6, 6.07) is 9.03. The lowest BCUT2D eigenvalue weighted by Crippen LogP contribution is -2.57. The Hall–Kier alpha value is -1.84. The van der Waals surface area contributed by atoms with E-state index in [1.165, 1.54) is 12.8 Å². The Bertz CT molecular complexity index is 526. The van der Waals surface area contributed by atoms with Crippen LogP contribution in [0.25, 0.3) is 0 Å². The van der Waals surface area contributed by atoms with Crippen molar-refractivity contribution in [3.63, 3.8) is 0 Å². The zero-order valence-electron chi connectivity index (χ0n) is 14.5. The minimum Gasteiger partial charge on any atom is -0.273 e. The van der Waals surface area contributed by atoms with E-state index in [9.17, 15) is 9.59 Å². The second kappa shape index (κ2) is 7.62. The number of nitrogens with zero attached hydrogens (tertiary/aromatic N) is 1. The topological polar surface area (TPSA) is 49.4 Å². The molecule has 0 spiro atoms. The SMILES string of the molecule is CC(C)(C)N(NC(=O)c1ccccc1)C(=O)C1CCCCCC1. The van der Waals surface area contributed by atoms with E-state index < -0.39 is 5.54 Å². The highest BCUT2D eigenvalue weighted by Gasteiger charge is 2.33. The molecule has 1 aliphatic carbocycles. The summed E-state index contributed by atoms with van der Waals surface area (Å²) < 4.78 is 0. The molecule has 126 valence electrons. The van der Waals surface area contributed by atoms with Crippen molar-refractivity contribution in [1.29, 1.82) is 0 Å². The Morgan fingerprint density at radius 3 is 2.09 bits per heavy atom. The first-order valence-corrected chi connectivity index (χ1v) is 8.59. The van der Waals surface area contributed by atoms with Crippen LogP contribution in [0.15, 0.2) is 30.3 Å². The molecule has 1 N–H and O–H groups in total. The lowest BCUT2D eigenvalue weighted by molar-refractivity contribution is -0.144. The Morgan fingerprint density at radius 1 is 1.00 bits per heavy atom. The van der Waals surface area contributed by atoms with Crippen LogP contribution in [0, 0.1) is 5.92 Å². The van der Waals surface area contributed by atoms with Crippen LogP contribution in [0.1, 0.15) is 69.7 Å². The van der Waals surface area contributed by atoms with Gasteiger partial charge in [-0.2, -0.15) is 0 Å². The Kier molecular flexibility index (Phi) is 5.80. The van der Waals surface area contributed by atoms with Gasteiger partial charge in [0.1, 0.15) is 0 Å². The molecule has 0 bridgehead atoms. The molecule has 1 fully saturated rings. The van der Waals surface area contributed by atoms with Crippen LogP contribution in [-0.4, -0.2) is 22.4 Å². The first-order chi connectivity index (χ1) is 10.9. The van der Waals surface area contributed by atoms with Crippen LogP contribution < -0.4 is 5.43 Å². The molecule has 1 aromatic rings. The molecule has 0 heterocycles. The summed E-state index contributed by atoms with van der Waals surface area (Å²) >= 11 is 0. The van der Waals surface area contributed by atoms with E-state index in [2.05, 4.69) is 5.43 Å². The van der Waals surface area contributed by atoms with Gasteiger partial charge < -0.3 is 0 Å². The van der Waals surface area contributed by atoms with Crippen LogP contribution >= 0.6 is 0 Å². The smallest absolute Gasteiger partial charge is 0.269 e. The van der Waals surface area contributed by atoms with E-state index in [1.54, 1.807) is 17.1 Å². The van der Waals surface area contributed by atoms with Crippen LogP contribution in [0.2, 0.25) is 0 Å². The maximum Gasteiger partial charge on any atom is 0.269 e. The Morgan fingerprint density at radius 2 is 1.57 bits per heavy atom. The second-order valence-electron chi connectivity index (χ2n) is 7.34. The summed E-state index contributed by atoms with van der Waals surface area (Å²) in [5, 5.41) is 1.54. The van der Waals surface area contributed by atoms with Crippen molar-refractivity contribution in [3.8, 4) is 0 Å². The maximum atomic E-state index is 13.0. The maximum absolute atomic E-state index is 13.0. The lowest BCUT2D eigenvalue weighted by Gasteiger charge is -2.37. The number of amides is 2. The van der Waals surface area contributed by atoms with Gasteiger partial charge in [-0.05, 0) is 45.7 Å². The third-order valence-electron chi connectivity index (χ3n) is 4.34. The number of carbonyl (C=O) groups is 2. The van der Waals surface area contributed by atoms with Gasteiger partial charge in [-0.3, -0.25) is 15.0 Å². The van der Waals surface area contributed by atoms with E-state index in [0.717, 1.165) is 25.7 Å². The summed E-state index contributed by atoms with van der Waals surface area (Å²) in [6.45, 7) is 5.85. The van der Waals surface area contributed by atoms with Crippen molar-refractivity contribution in [3.05, 3.63) is 35.9 Å². The third-order valence-corrected chi connectivity index (χ3v) is 4.34. The number of benzene rings is 1. The standard InChI is InChI=1S/C19H28N2O2/c1-19(2,3)21(18(23)16-13-7-4-5-8-14-16)20-17(22)15-11-9-6-10-12-15/h6,9-12,16H,4-5,7-8,13-14H2,1-3H3,(H,20,22). The zero-order valence-corrected chi connectivity index (χ0v) is 14.5. The van der Waals surface area contributed by atoms with Crippen LogP contribution in [0.5, 0.6) is 0 Å². The summed E-state index contributed by atoms with van der Waals surface area (Å²) in [5.41, 5.74) is 2.95. The highest BCUT2D eigenvalue weighted by molar-refractivity contribution is 5.95. The molecule has 0 aliphatic heterocycles. The third kappa shape index (κ3) is 4.81.